The van der Waals surface area contributed by atoms with E-state index in [4.69, 9.17) is 28.4 Å². The van der Waals surface area contributed by atoms with Crippen molar-refractivity contribution in [3.8, 4) is 0 Å². The van der Waals surface area contributed by atoms with Crippen LogP contribution in [0.1, 0.15) is 17.0 Å². The van der Waals surface area contributed by atoms with E-state index in [9.17, 15) is 9.59 Å². The fourth-order valence-electron chi connectivity index (χ4n) is 4.03. The van der Waals surface area contributed by atoms with Gasteiger partial charge in [0.2, 0.25) is 0 Å². The lowest BCUT2D eigenvalue weighted by Crippen LogP contribution is -2.32. The second-order valence-corrected chi connectivity index (χ2v) is 8.91. The number of carbonyl (C=O) groups is 2. The number of rotatable bonds is 16. The van der Waals surface area contributed by atoms with Gasteiger partial charge in [-0.3, -0.25) is 0 Å². The van der Waals surface area contributed by atoms with Gasteiger partial charge in [0.25, 0.3) is 0 Å². The zero-order chi connectivity index (χ0) is 28.7. The van der Waals surface area contributed by atoms with Crippen LogP contribution in [-0.4, -0.2) is 70.9 Å². The summed E-state index contributed by atoms with van der Waals surface area (Å²) in [5.41, 5.74) is 2.94. The molecular weight excluding hydrogens is 512 g/mol. The fourth-order valence-corrected chi connectivity index (χ4v) is 4.03. The number of carbonyl (C=O) groups excluding carboxylic acids is 2. The molecule has 1 aliphatic carbocycles. The first-order valence-corrected chi connectivity index (χ1v) is 12.9. The minimum Gasteiger partial charge on any atom is -0.490 e. The summed E-state index contributed by atoms with van der Waals surface area (Å²) >= 11 is 0. The average molecular weight is 549 g/mol. The smallest absolute Gasteiger partial charge is 0.330 e. The number of allylic oxidation sites excluding steroid dienone is 1. The highest BCUT2D eigenvalue weighted by atomic mass is 16.6. The molecule has 0 aromatic heterocycles. The van der Waals surface area contributed by atoms with E-state index in [1.807, 2.05) is 54.6 Å². The predicted octanol–water partition coefficient (Wildman–Crippen LogP) is 4.64. The van der Waals surface area contributed by atoms with Gasteiger partial charge in [-0.25, -0.2) is 9.59 Å². The zero-order valence-electron chi connectivity index (χ0n) is 22.9. The lowest BCUT2D eigenvalue weighted by atomic mass is 9.84. The number of hydrogen-bond donors (Lipinski definition) is 0. The summed E-state index contributed by atoms with van der Waals surface area (Å²) in [6.07, 6.45) is 4.88. The Morgan fingerprint density at radius 2 is 1.32 bits per heavy atom. The predicted molar refractivity (Wildman–Crippen MR) is 151 cm³/mol. The van der Waals surface area contributed by atoms with E-state index in [-0.39, 0.29) is 32.3 Å². The molecule has 2 aromatic carbocycles. The summed E-state index contributed by atoms with van der Waals surface area (Å²) in [4.78, 5) is 23.1. The van der Waals surface area contributed by atoms with Crippen molar-refractivity contribution in [1.29, 1.82) is 0 Å². The van der Waals surface area contributed by atoms with Crippen LogP contribution in [0.15, 0.2) is 104 Å². The summed E-state index contributed by atoms with van der Waals surface area (Å²) in [6.45, 7) is 7.18. The SMILES string of the molecule is C=CC(=O)OCC(COC1=CC(OCC(COC(=O)C=C)OC)C(c2ccccc2)C=C1c1ccccc1)OC. The van der Waals surface area contributed by atoms with Gasteiger partial charge in [-0.15, -0.1) is 0 Å². The first-order chi connectivity index (χ1) is 19.5. The van der Waals surface area contributed by atoms with Crippen LogP contribution in [0.4, 0.5) is 0 Å². The van der Waals surface area contributed by atoms with Crippen LogP contribution in [-0.2, 0) is 38.0 Å². The summed E-state index contributed by atoms with van der Waals surface area (Å²) < 4.78 is 33.8. The first-order valence-electron chi connectivity index (χ1n) is 12.9. The van der Waals surface area contributed by atoms with Crippen molar-refractivity contribution in [2.45, 2.75) is 24.2 Å². The summed E-state index contributed by atoms with van der Waals surface area (Å²) in [5, 5.41) is 0. The Hall–Kier alpha value is -3.98. The van der Waals surface area contributed by atoms with E-state index >= 15 is 0 Å². The van der Waals surface area contributed by atoms with Gasteiger partial charge in [-0.1, -0.05) is 79.9 Å². The van der Waals surface area contributed by atoms with Crippen molar-refractivity contribution < 1.29 is 38.0 Å². The highest BCUT2D eigenvalue weighted by Crippen LogP contribution is 2.38. The highest BCUT2D eigenvalue weighted by molar-refractivity contribution is 5.81. The molecule has 1 aliphatic rings. The van der Waals surface area contributed by atoms with E-state index in [0.29, 0.717) is 5.76 Å². The molecule has 0 spiro atoms. The van der Waals surface area contributed by atoms with Crippen LogP contribution in [0, 0.1) is 0 Å². The van der Waals surface area contributed by atoms with Gasteiger partial charge < -0.3 is 28.4 Å². The van der Waals surface area contributed by atoms with Crippen molar-refractivity contribution in [3.05, 3.63) is 115 Å². The van der Waals surface area contributed by atoms with Gasteiger partial charge in [0, 0.05) is 37.9 Å². The first kappa shape index (κ1) is 30.6. The van der Waals surface area contributed by atoms with Crippen LogP contribution < -0.4 is 0 Å². The molecule has 0 amide bonds. The van der Waals surface area contributed by atoms with Crippen LogP contribution in [0.5, 0.6) is 0 Å². The summed E-state index contributed by atoms with van der Waals surface area (Å²) in [6, 6.07) is 20.0. The summed E-state index contributed by atoms with van der Waals surface area (Å²) in [5.74, 6) is -0.593. The zero-order valence-corrected chi connectivity index (χ0v) is 22.9. The molecular formula is C32H36O8. The molecule has 212 valence electrons. The average Bonchev–Trinajstić information content (AvgIpc) is 3.01. The van der Waals surface area contributed by atoms with Crippen molar-refractivity contribution in [2.24, 2.45) is 0 Å². The molecule has 0 aliphatic heterocycles. The second kappa shape index (κ2) is 16.2. The maximum absolute atomic E-state index is 11.5. The molecule has 3 rings (SSSR count). The number of methoxy groups -OCH3 is 2. The maximum atomic E-state index is 11.5. The molecule has 0 bridgehead atoms. The Morgan fingerprint density at radius 3 is 1.88 bits per heavy atom. The Balaban J connectivity index is 1.88. The van der Waals surface area contributed by atoms with Gasteiger partial charge in [-0.05, 0) is 17.2 Å². The topological polar surface area (TPSA) is 89.5 Å². The van der Waals surface area contributed by atoms with E-state index < -0.39 is 30.3 Å². The Bertz CT molecular complexity index is 1170. The van der Waals surface area contributed by atoms with Gasteiger partial charge >= 0.3 is 11.9 Å². The van der Waals surface area contributed by atoms with Gasteiger partial charge in [0.15, 0.2) is 0 Å². The third-order valence-corrected chi connectivity index (χ3v) is 6.27. The molecule has 40 heavy (non-hydrogen) atoms. The van der Waals surface area contributed by atoms with Crippen LogP contribution in [0.25, 0.3) is 5.57 Å². The molecule has 4 unspecified atom stereocenters. The molecule has 0 saturated heterocycles. The third kappa shape index (κ3) is 9.05. The van der Waals surface area contributed by atoms with Crippen LogP contribution >= 0.6 is 0 Å². The van der Waals surface area contributed by atoms with E-state index in [2.05, 4.69) is 31.4 Å². The van der Waals surface area contributed by atoms with E-state index in [1.54, 1.807) is 0 Å². The molecule has 0 N–H and O–H groups in total. The molecule has 8 heteroatoms. The minimum absolute atomic E-state index is 0.0184. The van der Waals surface area contributed by atoms with Crippen LogP contribution in [0.3, 0.4) is 0 Å². The van der Waals surface area contributed by atoms with Crippen LogP contribution in [0.2, 0.25) is 0 Å². The minimum atomic E-state index is -0.533. The van der Waals surface area contributed by atoms with Gasteiger partial charge in [-0.2, -0.15) is 0 Å². The fraction of sp³-hybridized carbons (Fsp3) is 0.312. The highest BCUT2D eigenvalue weighted by Gasteiger charge is 2.30. The molecule has 0 fully saturated rings. The molecule has 4 atom stereocenters. The number of ether oxygens (including phenoxy) is 6. The largest absolute Gasteiger partial charge is 0.490 e. The molecule has 0 saturated carbocycles. The van der Waals surface area contributed by atoms with Crippen molar-refractivity contribution >= 4 is 17.5 Å². The standard InChI is InChI=1S/C32H36O8/c1-5-31(33)39-21-25(35-3)19-37-29-18-30(38-20-26(36-4)22-40-32(34)6-2)28(24-15-11-8-12-16-24)17-27(29)23-13-9-7-10-14-23/h5-18,25-27,29H,1-2,19-22H2,3-4H3. The normalized spacial score (nSPS) is 17.9. The maximum Gasteiger partial charge on any atom is 0.330 e. The molecule has 8 nitrogen and oxygen atoms in total. The molecule has 0 heterocycles. The second-order valence-electron chi connectivity index (χ2n) is 8.91. The molecule has 0 radical (unpaired) electrons. The Morgan fingerprint density at radius 1 is 0.775 bits per heavy atom. The molecule has 2 aromatic rings. The number of benzene rings is 2. The van der Waals surface area contributed by atoms with E-state index in [1.165, 1.54) is 14.2 Å². The third-order valence-electron chi connectivity index (χ3n) is 6.27. The lowest BCUT2D eigenvalue weighted by Gasteiger charge is -2.31. The van der Waals surface area contributed by atoms with Crippen molar-refractivity contribution in [3.63, 3.8) is 0 Å². The van der Waals surface area contributed by atoms with E-state index in [0.717, 1.165) is 28.9 Å². The number of esters is 2. The van der Waals surface area contributed by atoms with Gasteiger partial charge in [0.05, 0.1) is 12.7 Å². The monoisotopic (exact) mass is 548 g/mol. The quantitative estimate of drug-likeness (QED) is 0.221. The van der Waals surface area contributed by atoms with Gasteiger partial charge in [0.1, 0.15) is 37.8 Å². The van der Waals surface area contributed by atoms with Crippen molar-refractivity contribution in [2.75, 3.05) is 40.6 Å². The Labute approximate surface area is 235 Å². The summed E-state index contributed by atoms with van der Waals surface area (Å²) in [7, 11) is 3.06. The lowest BCUT2D eigenvalue weighted by molar-refractivity contribution is -0.143. The Kier molecular flexibility index (Phi) is 12.4. The number of hydrogen-bond acceptors (Lipinski definition) is 8. The van der Waals surface area contributed by atoms with Crippen molar-refractivity contribution in [1.82, 2.24) is 0 Å².